The highest BCUT2D eigenvalue weighted by Gasteiger charge is 2.15. The monoisotopic (exact) mass is 279 g/mol. The minimum atomic E-state index is -0.428. The van der Waals surface area contributed by atoms with Crippen LogP contribution in [0, 0.1) is 28.4 Å². The molecule has 0 atom stereocenters. The molecule has 102 valence electrons. The second-order valence-corrected chi connectivity index (χ2v) is 4.54. The minimum absolute atomic E-state index is 0.0284. The van der Waals surface area contributed by atoms with Crippen LogP contribution >= 0.6 is 0 Å². The Bertz CT molecular complexity index is 907. The van der Waals surface area contributed by atoms with E-state index in [1.807, 2.05) is 6.07 Å². The van der Waals surface area contributed by atoms with Gasteiger partial charge in [0.05, 0.1) is 10.5 Å². The molecule has 21 heavy (non-hydrogen) atoms. The number of hydrogen-bond donors (Lipinski definition) is 0. The molecule has 2 heterocycles. The average molecular weight is 279 g/mol. The topological polar surface area (TPSA) is 97.1 Å². The first-order chi connectivity index (χ1) is 10.1. The number of aryl methyl sites for hydroxylation is 1. The third-order valence-corrected chi connectivity index (χ3v) is 3.20. The van der Waals surface area contributed by atoms with Gasteiger partial charge in [0.15, 0.2) is 11.5 Å². The molecule has 0 unspecified atom stereocenters. The van der Waals surface area contributed by atoms with Gasteiger partial charge in [0.1, 0.15) is 6.07 Å². The van der Waals surface area contributed by atoms with E-state index in [0.717, 1.165) is 0 Å². The Kier molecular flexibility index (Phi) is 2.84. The molecule has 2 aromatic heterocycles. The lowest BCUT2D eigenvalue weighted by molar-refractivity contribution is -0.385. The molecule has 0 fully saturated rings. The van der Waals surface area contributed by atoms with Gasteiger partial charge in [-0.2, -0.15) is 5.26 Å². The van der Waals surface area contributed by atoms with Crippen LogP contribution in [0.5, 0.6) is 0 Å². The van der Waals surface area contributed by atoms with Crippen LogP contribution in [-0.2, 0) is 0 Å². The molecule has 0 aliphatic heterocycles. The van der Waals surface area contributed by atoms with Crippen LogP contribution in [0.3, 0.4) is 0 Å². The smallest absolute Gasteiger partial charge is 0.273 e. The summed E-state index contributed by atoms with van der Waals surface area (Å²) < 4.78 is 1.65. The van der Waals surface area contributed by atoms with Gasteiger partial charge in [-0.25, -0.2) is 0 Å². The number of aromatic nitrogens is 3. The number of fused-ring (bicyclic) bond motifs is 1. The molecule has 7 heteroatoms. The fourth-order valence-corrected chi connectivity index (χ4v) is 2.10. The molecule has 0 spiro atoms. The minimum Gasteiger partial charge on any atom is -0.281 e. The van der Waals surface area contributed by atoms with E-state index in [2.05, 4.69) is 10.2 Å². The van der Waals surface area contributed by atoms with Crippen molar-refractivity contribution in [2.24, 2.45) is 0 Å². The van der Waals surface area contributed by atoms with Gasteiger partial charge in [-0.15, -0.1) is 10.2 Å². The number of pyridine rings is 1. The number of benzene rings is 1. The lowest BCUT2D eigenvalue weighted by atomic mass is 10.1. The number of nitrogens with zero attached hydrogens (tertiary/aromatic N) is 5. The van der Waals surface area contributed by atoms with Crippen molar-refractivity contribution in [2.75, 3.05) is 0 Å². The summed E-state index contributed by atoms with van der Waals surface area (Å²) in [6.45, 7) is 1.68. The third-order valence-electron chi connectivity index (χ3n) is 3.20. The summed E-state index contributed by atoms with van der Waals surface area (Å²) in [5.74, 6) is 0.463. The summed E-state index contributed by atoms with van der Waals surface area (Å²) in [5.41, 5.74) is 2.23. The molecule has 0 bridgehead atoms. The Hall–Kier alpha value is -3.27. The molecule has 0 radical (unpaired) electrons. The number of hydrogen-bond acceptors (Lipinski definition) is 5. The first kappa shape index (κ1) is 12.7. The molecule has 0 aliphatic carbocycles. The number of rotatable bonds is 2. The van der Waals surface area contributed by atoms with Crippen molar-refractivity contribution in [2.45, 2.75) is 6.92 Å². The quantitative estimate of drug-likeness (QED) is 0.530. The van der Waals surface area contributed by atoms with Gasteiger partial charge in [0, 0.05) is 23.4 Å². The third kappa shape index (κ3) is 2.08. The maximum absolute atomic E-state index is 11.0. The van der Waals surface area contributed by atoms with Crippen LogP contribution in [0.2, 0.25) is 0 Å². The summed E-state index contributed by atoms with van der Waals surface area (Å²) in [7, 11) is 0. The highest BCUT2D eigenvalue weighted by molar-refractivity contribution is 5.64. The van der Waals surface area contributed by atoms with E-state index in [4.69, 9.17) is 5.26 Å². The molecule has 1 aromatic carbocycles. The van der Waals surface area contributed by atoms with Crippen molar-refractivity contribution >= 4 is 11.3 Å². The zero-order chi connectivity index (χ0) is 15.0. The lowest BCUT2D eigenvalue weighted by Gasteiger charge is -2.02. The summed E-state index contributed by atoms with van der Waals surface area (Å²) in [5, 5.41) is 28.0. The van der Waals surface area contributed by atoms with E-state index in [0.29, 0.717) is 28.2 Å². The summed E-state index contributed by atoms with van der Waals surface area (Å²) in [6, 6.07) is 10.2. The van der Waals surface area contributed by atoms with Crippen LogP contribution in [-0.4, -0.2) is 19.5 Å². The lowest BCUT2D eigenvalue weighted by Crippen LogP contribution is -1.95. The van der Waals surface area contributed by atoms with Crippen molar-refractivity contribution < 1.29 is 4.92 Å². The second-order valence-electron chi connectivity index (χ2n) is 4.54. The zero-order valence-corrected chi connectivity index (χ0v) is 11.0. The number of nitro benzene ring substituents is 1. The van der Waals surface area contributed by atoms with Crippen molar-refractivity contribution in [3.05, 3.63) is 57.8 Å². The fourth-order valence-electron chi connectivity index (χ4n) is 2.10. The summed E-state index contributed by atoms with van der Waals surface area (Å²) in [6.07, 6.45) is 1.61. The van der Waals surface area contributed by atoms with Gasteiger partial charge in [-0.05, 0) is 19.1 Å². The Morgan fingerprint density at radius 1 is 1.29 bits per heavy atom. The van der Waals surface area contributed by atoms with Crippen LogP contribution in [0.25, 0.3) is 17.0 Å². The van der Waals surface area contributed by atoms with E-state index in [9.17, 15) is 10.1 Å². The SMILES string of the molecule is Cc1ccc(-c2nnc3ccc(C#N)cn23)cc1[N+](=O)[O-]. The normalized spacial score (nSPS) is 10.5. The number of nitriles is 1. The van der Waals surface area contributed by atoms with Crippen LogP contribution < -0.4 is 0 Å². The second kappa shape index (κ2) is 4.68. The maximum Gasteiger partial charge on any atom is 0.273 e. The Balaban J connectivity index is 2.23. The highest BCUT2D eigenvalue weighted by atomic mass is 16.6. The van der Waals surface area contributed by atoms with Crippen molar-refractivity contribution in [3.63, 3.8) is 0 Å². The van der Waals surface area contributed by atoms with E-state index >= 15 is 0 Å². The summed E-state index contributed by atoms with van der Waals surface area (Å²) in [4.78, 5) is 10.6. The van der Waals surface area contributed by atoms with Crippen LogP contribution in [0.15, 0.2) is 36.5 Å². The molecule has 0 aliphatic rings. The molecule has 3 rings (SSSR count). The van der Waals surface area contributed by atoms with Gasteiger partial charge in [-0.3, -0.25) is 14.5 Å². The summed E-state index contributed by atoms with van der Waals surface area (Å²) >= 11 is 0. The molecule has 3 aromatic rings. The molecule has 0 saturated heterocycles. The first-order valence-corrected chi connectivity index (χ1v) is 6.10. The van der Waals surface area contributed by atoms with Gasteiger partial charge >= 0.3 is 0 Å². The predicted molar refractivity (Wildman–Crippen MR) is 74.5 cm³/mol. The standard InChI is InChI=1S/C14H9N5O2/c1-9-2-4-11(6-12(9)19(20)21)14-17-16-13-5-3-10(7-15)8-18(13)14/h2-6,8H,1H3. The predicted octanol–water partition coefficient (Wildman–Crippen LogP) is 2.48. The fraction of sp³-hybridized carbons (Fsp3) is 0.0714. The number of nitro groups is 1. The van der Waals surface area contributed by atoms with Gasteiger partial charge in [-0.1, -0.05) is 12.1 Å². The maximum atomic E-state index is 11.0. The van der Waals surface area contributed by atoms with E-state index in [1.54, 1.807) is 41.8 Å². The van der Waals surface area contributed by atoms with Crippen LogP contribution in [0.4, 0.5) is 5.69 Å². The van der Waals surface area contributed by atoms with E-state index < -0.39 is 4.92 Å². The molecule has 7 nitrogen and oxygen atoms in total. The van der Waals surface area contributed by atoms with Gasteiger partial charge in [0.2, 0.25) is 0 Å². The Morgan fingerprint density at radius 3 is 2.81 bits per heavy atom. The molecule has 0 N–H and O–H groups in total. The molecular weight excluding hydrogens is 270 g/mol. The molecular formula is C14H9N5O2. The van der Waals surface area contributed by atoms with Crippen molar-refractivity contribution in [1.29, 1.82) is 5.26 Å². The average Bonchev–Trinajstić information content (AvgIpc) is 2.90. The Labute approximate surface area is 119 Å². The van der Waals surface area contributed by atoms with Crippen LogP contribution in [0.1, 0.15) is 11.1 Å². The van der Waals surface area contributed by atoms with Crippen molar-refractivity contribution in [1.82, 2.24) is 14.6 Å². The zero-order valence-electron chi connectivity index (χ0n) is 11.0. The largest absolute Gasteiger partial charge is 0.281 e. The van der Waals surface area contributed by atoms with E-state index in [-0.39, 0.29) is 5.69 Å². The molecule has 0 saturated carbocycles. The van der Waals surface area contributed by atoms with Gasteiger partial charge < -0.3 is 0 Å². The van der Waals surface area contributed by atoms with Gasteiger partial charge in [0.25, 0.3) is 5.69 Å². The molecule has 0 amide bonds. The van der Waals surface area contributed by atoms with Crippen molar-refractivity contribution in [3.8, 4) is 17.5 Å². The van der Waals surface area contributed by atoms with E-state index in [1.165, 1.54) is 6.07 Å². The first-order valence-electron chi connectivity index (χ1n) is 6.10. The highest BCUT2D eigenvalue weighted by Crippen LogP contribution is 2.26. The Morgan fingerprint density at radius 2 is 2.10 bits per heavy atom.